The Labute approximate surface area is 92.8 Å². The first-order chi connectivity index (χ1) is 7.16. The Hall–Kier alpha value is -0.120. The summed E-state index contributed by atoms with van der Waals surface area (Å²) in [7, 11) is 0. The molecule has 0 aliphatic carbocycles. The van der Waals surface area contributed by atoms with Gasteiger partial charge in [0.25, 0.3) is 0 Å². The van der Waals surface area contributed by atoms with Crippen molar-refractivity contribution in [3.05, 3.63) is 0 Å². The summed E-state index contributed by atoms with van der Waals surface area (Å²) in [6, 6.07) is 0. The number of nitrogens with zero attached hydrogens (tertiary/aromatic N) is 1. The van der Waals surface area contributed by atoms with Crippen LogP contribution < -0.4 is 5.32 Å². The quantitative estimate of drug-likeness (QED) is 0.712. The number of rotatable bonds is 2. The Morgan fingerprint density at radius 3 is 2.47 bits per heavy atom. The van der Waals surface area contributed by atoms with Crippen molar-refractivity contribution in [2.24, 2.45) is 5.92 Å². The predicted molar refractivity (Wildman–Crippen MR) is 61.9 cm³/mol. The topological polar surface area (TPSA) is 35.5 Å². The molecule has 0 saturated carbocycles. The lowest BCUT2D eigenvalue weighted by Gasteiger charge is -2.38. The van der Waals surface area contributed by atoms with Gasteiger partial charge >= 0.3 is 0 Å². The van der Waals surface area contributed by atoms with Gasteiger partial charge in [-0.05, 0) is 51.6 Å². The Morgan fingerprint density at radius 2 is 1.87 bits per heavy atom. The van der Waals surface area contributed by atoms with Gasteiger partial charge in [0.15, 0.2) is 0 Å². The molecule has 0 bridgehead atoms. The second kappa shape index (κ2) is 4.81. The number of hydrogen-bond donors (Lipinski definition) is 2. The molecule has 2 saturated heterocycles. The lowest BCUT2D eigenvalue weighted by molar-refractivity contribution is -0.00970. The second-order valence-corrected chi connectivity index (χ2v) is 5.49. The molecular formula is C12H24N2O. The van der Waals surface area contributed by atoms with Gasteiger partial charge in [-0.1, -0.05) is 0 Å². The van der Waals surface area contributed by atoms with E-state index in [9.17, 15) is 5.11 Å². The maximum atomic E-state index is 9.86. The smallest absolute Gasteiger partial charge is 0.0644 e. The molecule has 3 nitrogen and oxygen atoms in total. The third kappa shape index (κ3) is 3.44. The van der Waals surface area contributed by atoms with Gasteiger partial charge in [-0.25, -0.2) is 0 Å². The van der Waals surface area contributed by atoms with E-state index < -0.39 is 5.60 Å². The van der Waals surface area contributed by atoms with Crippen LogP contribution in [0.5, 0.6) is 0 Å². The summed E-state index contributed by atoms with van der Waals surface area (Å²) in [6.45, 7) is 7.76. The van der Waals surface area contributed by atoms with Gasteiger partial charge in [0.1, 0.15) is 0 Å². The van der Waals surface area contributed by atoms with Crippen molar-refractivity contribution >= 4 is 0 Å². The van der Waals surface area contributed by atoms with Crippen molar-refractivity contribution in [2.75, 3.05) is 32.7 Å². The number of likely N-dealkylation sites (tertiary alicyclic amines) is 1. The van der Waals surface area contributed by atoms with E-state index in [0.717, 1.165) is 31.8 Å². The molecule has 2 N–H and O–H groups in total. The van der Waals surface area contributed by atoms with Crippen molar-refractivity contribution in [2.45, 2.75) is 38.2 Å². The first-order valence-electron chi connectivity index (χ1n) is 6.31. The molecule has 2 rings (SSSR count). The molecule has 0 atom stereocenters. The highest BCUT2D eigenvalue weighted by Crippen LogP contribution is 2.23. The van der Waals surface area contributed by atoms with Gasteiger partial charge < -0.3 is 15.3 Å². The van der Waals surface area contributed by atoms with Crippen LogP contribution in [0, 0.1) is 5.92 Å². The number of aliphatic hydroxyl groups is 1. The SMILES string of the molecule is CC1(O)CCN(CC2CCNCC2)CC1. The normalized spacial score (nSPS) is 29.2. The van der Waals surface area contributed by atoms with Crippen molar-refractivity contribution in [3.63, 3.8) is 0 Å². The first-order valence-corrected chi connectivity index (χ1v) is 6.31. The van der Waals surface area contributed by atoms with E-state index >= 15 is 0 Å². The minimum Gasteiger partial charge on any atom is -0.390 e. The van der Waals surface area contributed by atoms with Crippen LogP contribution in [-0.4, -0.2) is 48.3 Å². The molecular weight excluding hydrogens is 188 g/mol. The first kappa shape index (κ1) is 11.4. The van der Waals surface area contributed by atoms with Gasteiger partial charge in [0, 0.05) is 19.6 Å². The van der Waals surface area contributed by atoms with E-state index in [1.165, 1.54) is 32.5 Å². The van der Waals surface area contributed by atoms with E-state index in [1.807, 2.05) is 6.92 Å². The monoisotopic (exact) mass is 212 g/mol. The average molecular weight is 212 g/mol. The van der Waals surface area contributed by atoms with Crippen LogP contribution in [-0.2, 0) is 0 Å². The van der Waals surface area contributed by atoms with Crippen LogP contribution in [0.4, 0.5) is 0 Å². The van der Waals surface area contributed by atoms with Gasteiger partial charge in [-0.3, -0.25) is 0 Å². The third-order valence-corrected chi connectivity index (χ3v) is 3.91. The molecule has 0 amide bonds. The molecule has 0 aromatic heterocycles. The number of piperidine rings is 2. The van der Waals surface area contributed by atoms with E-state index in [0.29, 0.717) is 0 Å². The van der Waals surface area contributed by atoms with Gasteiger partial charge in [0.2, 0.25) is 0 Å². The highest BCUT2D eigenvalue weighted by atomic mass is 16.3. The number of hydrogen-bond acceptors (Lipinski definition) is 3. The standard InChI is InChI=1S/C12H24N2O/c1-12(15)4-8-14(9-5-12)10-11-2-6-13-7-3-11/h11,13,15H,2-10H2,1H3. The Bertz CT molecular complexity index is 190. The van der Waals surface area contributed by atoms with Crippen molar-refractivity contribution < 1.29 is 5.11 Å². The Morgan fingerprint density at radius 1 is 1.27 bits per heavy atom. The maximum absolute atomic E-state index is 9.86. The second-order valence-electron chi connectivity index (χ2n) is 5.49. The molecule has 0 aromatic carbocycles. The Balaban J connectivity index is 1.71. The van der Waals surface area contributed by atoms with Crippen LogP contribution in [0.2, 0.25) is 0 Å². The summed E-state index contributed by atoms with van der Waals surface area (Å²) in [6.07, 6.45) is 4.54. The van der Waals surface area contributed by atoms with E-state index in [2.05, 4.69) is 10.2 Å². The van der Waals surface area contributed by atoms with Crippen molar-refractivity contribution in [3.8, 4) is 0 Å². The maximum Gasteiger partial charge on any atom is 0.0644 e. The van der Waals surface area contributed by atoms with Crippen LogP contribution in [0.1, 0.15) is 32.6 Å². The van der Waals surface area contributed by atoms with Gasteiger partial charge in [0.05, 0.1) is 5.60 Å². The minimum absolute atomic E-state index is 0.398. The summed E-state index contributed by atoms with van der Waals surface area (Å²) in [4.78, 5) is 2.54. The van der Waals surface area contributed by atoms with Gasteiger partial charge in [-0.15, -0.1) is 0 Å². The fourth-order valence-corrected chi connectivity index (χ4v) is 2.65. The third-order valence-electron chi connectivity index (χ3n) is 3.91. The van der Waals surface area contributed by atoms with Crippen molar-refractivity contribution in [1.29, 1.82) is 0 Å². The van der Waals surface area contributed by atoms with E-state index in [-0.39, 0.29) is 0 Å². The van der Waals surface area contributed by atoms with E-state index in [4.69, 9.17) is 0 Å². The zero-order valence-electron chi connectivity index (χ0n) is 9.84. The summed E-state index contributed by atoms with van der Waals surface area (Å²) in [5, 5.41) is 13.3. The molecule has 15 heavy (non-hydrogen) atoms. The molecule has 2 fully saturated rings. The summed E-state index contributed by atoms with van der Waals surface area (Å²) in [5.41, 5.74) is -0.398. The highest BCUT2D eigenvalue weighted by Gasteiger charge is 2.28. The van der Waals surface area contributed by atoms with Crippen LogP contribution in [0.3, 0.4) is 0 Å². The summed E-state index contributed by atoms with van der Waals surface area (Å²) in [5.74, 6) is 0.884. The summed E-state index contributed by atoms with van der Waals surface area (Å²) < 4.78 is 0. The zero-order chi connectivity index (χ0) is 10.7. The molecule has 3 heteroatoms. The molecule has 2 aliphatic rings. The fraction of sp³-hybridized carbons (Fsp3) is 1.00. The largest absolute Gasteiger partial charge is 0.390 e. The molecule has 0 radical (unpaired) electrons. The molecule has 2 aliphatic heterocycles. The number of nitrogens with one attached hydrogen (secondary N) is 1. The zero-order valence-corrected chi connectivity index (χ0v) is 9.84. The van der Waals surface area contributed by atoms with E-state index in [1.54, 1.807) is 0 Å². The van der Waals surface area contributed by atoms with Gasteiger partial charge in [-0.2, -0.15) is 0 Å². The molecule has 0 unspecified atom stereocenters. The lowest BCUT2D eigenvalue weighted by Crippen LogP contribution is -2.45. The summed E-state index contributed by atoms with van der Waals surface area (Å²) >= 11 is 0. The van der Waals surface area contributed by atoms with Crippen LogP contribution in [0.15, 0.2) is 0 Å². The molecule has 2 heterocycles. The molecule has 88 valence electrons. The Kier molecular flexibility index (Phi) is 3.65. The fourth-order valence-electron chi connectivity index (χ4n) is 2.65. The van der Waals surface area contributed by atoms with Crippen LogP contribution >= 0.6 is 0 Å². The minimum atomic E-state index is -0.398. The predicted octanol–water partition coefficient (Wildman–Crippen LogP) is 0.833. The molecule has 0 aromatic rings. The average Bonchev–Trinajstić information content (AvgIpc) is 2.23. The van der Waals surface area contributed by atoms with Crippen molar-refractivity contribution in [1.82, 2.24) is 10.2 Å². The van der Waals surface area contributed by atoms with Crippen LogP contribution in [0.25, 0.3) is 0 Å². The highest BCUT2D eigenvalue weighted by molar-refractivity contribution is 4.83. The molecule has 0 spiro atoms. The lowest BCUT2D eigenvalue weighted by atomic mass is 9.91.